The third-order valence-electron chi connectivity index (χ3n) is 5.18. The Morgan fingerprint density at radius 3 is 2.58 bits per heavy atom. The number of piperidine rings is 1. The first-order valence-electron chi connectivity index (χ1n) is 8.77. The van der Waals surface area contributed by atoms with Crippen molar-refractivity contribution in [1.29, 1.82) is 0 Å². The fourth-order valence-electron chi connectivity index (χ4n) is 4.16. The monoisotopic (exact) mass is 342 g/mol. The van der Waals surface area contributed by atoms with Gasteiger partial charge in [0, 0.05) is 32.7 Å². The molecule has 2 unspecified atom stereocenters. The van der Waals surface area contributed by atoms with Crippen molar-refractivity contribution in [2.75, 3.05) is 31.1 Å². The van der Waals surface area contributed by atoms with E-state index in [0.717, 1.165) is 31.4 Å². The van der Waals surface area contributed by atoms with Gasteiger partial charge in [-0.05, 0) is 42.4 Å². The van der Waals surface area contributed by atoms with Gasteiger partial charge in [-0.25, -0.2) is 0 Å². The second-order valence-electron chi connectivity index (χ2n) is 7.10. The molecule has 4 rings (SSSR count). The minimum absolute atomic E-state index is 0.460. The van der Waals surface area contributed by atoms with Crippen LogP contribution in [0.1, 0.15) is 18.4 Å². The Balaban J connectivity index is 1.44. The molecule has 2 atom stereocenters. The van der Waals surface area contributed by atoms with Crippen LogP contribution in [0.4, 0.5) is 5.82 Å². The van der Waals surface area contributed by atoms with Crippen molar-refractivity contribution in [3.8, 4) is 0 Å². The number of nitrogens with zero attached hydrogens (tertiary/aromatic N) is 4. The van der Waals surface area contributed by atoms with Crippen molar-refractivity contribution in [2.24, 2.45) is 11.8 Å². The summed E-state index contributed by atoms with van der Waals surface area (Å²) in [5.41, 5.74) is 1.41. The predicted molar refractivity (Wildman–Crippen MR) is 97.2 cm³/mol. The third kappa shape index (κ3) is 3.70. The molecule has 0 saturated carbocycles. The summed E-state index contributed by atoms with van der Waals surface area (Å²) in [4.78, 5) is 5.02. The first kappa shape index (κ1) is 15.9. The minimum atomic E-state index is 0.460. The fraction of sp³-hybridized carbons (Fsp3) is 0.474. The van der Waals surface area contributed by atoms with Gasteiger partial charge >= 0.3 is 0 Å². The Morgan fingerprint density at radius 2 is 1.79 bits per heavy atom. The van der Waals surface area contributed by atoms with Crippen LogP contribution < -0.4 is 4.90 Å². The van der Waals surface area contributed by atoms with E-state index in [1.54, 1.807) is 0 Å². The minimum Gasteiger partial charge on any atom is -0.355 e. The summed E-state index contributed by atoms with van der Waals surface area (Å²) >= 11 is 5.87. The molecule has 2 bridgehead atoms. The molecule has 24 heavy (non-hydrogen) atoms. The average molecular weight is 343 g/mol. The molecular formula is C19H23ClN4. The van der Waals surface area contributed by atoms with Crippen molar-refractivity contribution in [3.05, 3.63) is 53.2 Å². The van der Waals surface area contributed by atoms with Crippen LogP contribution in [0.25, 0.3) is 0 Å². The van der Waals surface area contributed by atoms with Gasteiger partial charge < -0.3 is 4.90 Å². The summed E-state index contributed by atoms with van der Waals surface area (Å²) in [6.07, 6.45) is 2.56. The van der Waals surface area contributed by atoms with Crippen molar-refractivity contribution >= 4 is 17.4 Å². The zero-order valence-corrected chi connectivity index (χ0v) is 14.6. The number of halogens is 1. The Kier molecular flexibility index (Phi) is 4.67. The highest BCUT2D eigenvalue weighted by Crippen LogP contribution is 2.31. The number of rotatable bonds is 3. The second kappa shape index (κ2) is 7.08. The van der Waals surface area contributed by atoms with E-state index in [2.05, 4.69) is 50.3 Å². The highest BCUT2D eigenvalue weighted by molar-refractivity contribution is 6.29. The van der Waals surface area contributed by atoms with E-state index in [1.165, 1.54) is 31.5 Å². The zero-order valence-electron chi connectivity index (χ0n) is 13.8. The number of hydrogen-bond acceptors (Lipinski definition) is 4. The first-order chi connectivity index (χ1) is 11.8. The van der Waals surface area contributed by atoms with Gasteiger partial charge in [0.2, 0.25) is 0 Å². The lowest BCUT2D eigenvalue weighted by molar-refractivity contribution is 0.127. The van der Waals surface area contributed by atoms with Crippen LogP contribution in [0.2, 0.25) is 5.15 Å². The van der Waals surface area contributed by atoms with E-state index < -0.39 is 0 Å². The van der Waals surface area contributed by atoms with Crippen molar-refractivity contribution in [3.63, 3.8) is 0 Å². The number of fused-ring (bicyclic) bond motifs is 2. The molecule has 0 spiro atoms. The Morgan fingerprint density at radius 1 is 0.958 bits per heavy atom. The molecule has 2 saturated heterocycles. The van der Waals surface area contributed by atoms with Gasteiger partial charge in [0.1, 0.15) is 0 Å². The highest BCUT2D eigenvalue weighted by atomic mass is 35.5. The molecule has 0 amide bonds. The molecule has 1 aromatic carbocycles. The molecule has 0 aliphatic carbocycles. The van der Waals surface area contributed by atoms with Crippen LogP contribution in [0.3, 0.4) is 0 Å². The molecule has 4 nitrogen and oxygen atoms in total. The predicted octanol–water partition coefficient (Wildman–Crippen LogP) is 3.48. The van der Waals surface area contributed by atoms with Gasteiger partial charge in [-0.1, -0.05) is 41.9 Å². The summed E-state index contributed by atoms with van der Waals surface area (Å²) in [5, 5.41) is 8.74. The van der Waals surface area contributed by atoms with Gasteiger partial charge in [-0.2, -0.15) is 0 Å². The smallest absolute Gasteiger partial charge is 0.151 e. The molecule has 5 heteroatoms. The quantitative estimate of drug-likeness (QED) is 0.854. The molecule has 126 valence electrons. The van der Waals surface area contributed by atoms with Gasteiger partial charge in [0.25, 0.3) is 0 Å². The summed E-state index contributed by atoms with van der Waals surface area (Å²) in [6, 6.07) is 14.6. The Hall–Kier alpha value is -1.65. The Bertz CT molecular complexity index is 661. The molecule has 2 fully saturated rings. The van der Waals surface area contributed by atoms with E-state index in [-0.39, 0.29) is 0 Å². The number of benzene rings is 1. The van der Waals surface area contributed by atoms with E-state index in [1.807, 2.05) is 12.1 Å². The lowest BCUT2D eigenvalue weighted by Gasteiger charge is -2.36. The number of likely N-dealkylation sites (tertiary alicyclic amines) is 1. The number of hydrogen-bond donors (Lipinski definition) is 0. The normalized spacial score (nSPS) is 24.6. The fourth-order valence-corrected chi connectivity index (χ4v) is 4.27. The summed E-state index contributed by atoms with van der Waals surface area (Å²) in [7, 11) is 0. The lowest BCUT2D eigenvalue weighted by Crippen LogP contribution is -2.41. The van der Waals surface area contributed by atoms with Crippen LogP contribution in [0.5, 0.6) is 0 Å². The summed E-state index contributed by atoms with van der Waals surface area (Å²) in [5.74, 6) is 2.45. The molecule has 0 N–H and O–H groups in total. The van der Waals surface area contributed by atoms with Crippen molar-refractivity contribution in [1.82, 2.24) is 15.1 Å². The van der Waals surface area contributed by atoms with Crippen molar-refractivity contribution in [2.45, 2.75) is 19.4 Å². The summed E-state index contributed by atoms with van der Waals surface area (Å²) in [6.45, 7) is 5.58. The first-order valence-corrected chi connectivity index (χ1v) is 9.14. The molecule has 2 aliphatic rings. The van der Waals surface area contributed by atoms with Crippen LogP contribution in [-0.2, 0) is 6.54 Å². The van der Waals surface area contributed by atoms with Crippen LogP contribution in [-0.4, -0.2) is 41.3 Å². The maximum atomic E-state index is 5.87. The SMILES string of the molecule is Clc1ccc(N2CCC3CC(CN(Cc4ccccc4)C3)C2)nn1. The van der Waals surface area contributed by atoms with E-state index in [4.69, 9.17) is 11.6 Å². The van der Waals surface area contributed by atoms with Gasteiger partial charge in [0.05, 0.1) is 0 Å². The van der Waals surface area contributed by atoms with E-state index in [9.17, 15) is 0 Å². The summed E-state index contributed by atoms with van der Waals surface area (Å²) < 4.78 is 0. The standard InChI is InChI=1S/C19H23ClN4/c20-18-6-7-19(22-21-18)24-9-8-16-10-17(14-24)13-23(12-16)11-15-4-2-1-3-5-15/h1-7,16-17H,8-14H2. The molecule has 2 aliphatic heterocycles. The molecular weight excluding hydrogens is 320 g/mol. The molecule has 0 radical (unpaired) electrons. The average Bonchev–Trinajstić information content (AvgIpc) is 2.74. The molecule has 2 aromatic rings. The zero-order chi connectivity index (χ0) is 16.4. The topological polar surface area (TPSA) is 32.3 Å². The Labute approximate surface area is 148 Å². The van der Waals surface area contributed by atoms with Gasteiger partial charge in [-0.15, -0.1) is 10.2 Å². The maximum Gasteiger partial charge on any atom is 0.151 e. The second-order valence-corrected chi connectivity index (χ2v) is 7.48. The lowest BCUT2D eigenvalue weighted by atomic mass is 9.88. The van der Waals surface area contributed by atoms with E-state index in [0.29, 0.717) is 11.1 Å². The van der Waals surface area contributed by atoms with Gasteiger partial charge in [-0.3, -0.25) is 4.90 Å². The van der Waals surface area contributed by atoms with Crippen LogP contribution in [0, 0.1) is 11.8 Å². The van der Waals surface area contributed by atoms with Gasteiger partial charge in [0.15, 0.2) is 11.0 Å². The van der Waals surface area contributed by atoms with Crippen LogP contribution >= 0.6 is 11.6 Å². The van der Waals surface area contributed by atoms with E-state index >= 15 is 0 Å². The number of anilines is 1. The molecule has 3 heterocycles. The maximum absolute atomic E-state index is 5.87. The number of aromatic nitrogens is 2. The largest absolute Gasteiger partial charge is 0.355 e. The van der Waals surface area contributed by atoms with Crippen LogP contribution in [0.15, 0.2) is 42.5 Å². The molecule has 1 aromatic heterocycles. The van der Waals surface area contributed by atoms with Crippen molar-refractivity contribution < 1.29 is 0 Å². The highest BCUT2D eigenvalue weighted by Gasteiger charge is 2.32. The third-order valence-corrected chi connectivity index (χ3v) is 5.38.